The first-order chi connectivity index (χ1) is 12.6. The highest BCUT2D eigenvalue weighted by atomic mass is 16.2. The molecule has 1 saturated heterocycles. The molecular weight excluding hydrogens is 328 g/mol. The average molecular weight is 358 g/mol. The second kappa shape index (κ2) is 7.05. The van der Waals surface area contributed by atoms with Crippen LogP contribution < -0.4 is 0 Å². The number of hydrogen-bond donors (Lipinski definition) is 0. The largest absolute Gasteiger partial charge is 0.341 e. The molecule has 0 aromatic carbocycles. The summed E-state index contributed by atoms with van der Waals surface area (Å²) in [6.07, 6.45) is 10.9. The minimum absolute atomic E-state index is 0.192. The standard InChI is InChI=1S/C20H30N4O2/c1-2-17-21-8-12-22(17)11-5-18(25)23-9-4-10-24(14-13-23)19(26)16-15-20(16)6-3-7-20/h8,12,16H,2-7,9-11,13-15H2,1H3. The highest BCUT2D eigenvalue weighted by molar-refractivity contribution is 5.83. The quantitative estimate of drug-likeness (QED) is 0.810. The topological polar surface area (TPSA) is 58.4 Å². The Balaban J connectivity index is 1.26. The van der Waals surface area contributed by atoms with Gasteiger partial charge in [-0.1, -0.05) is 13.3 Å². The summed E-state index contributed by atoms with van der Waals surface area (Å²) in [7, 11) is 0. The summed E-state index contributed by atoms with van der Waals surface area (Å²) in [4.78, 5) is 33.7. The van der Waals surface area contributed by atoms with Gasteiger partial charge >= 0.3 is 0 Å². The van der Waals surface area contributed by atoms with Crippen molar-refractivity contribution in [3.05, 3.63) is 18.2 Å². The van der Waals surface area contributed by atoms with E-state index in [0.717, 1.165) is 38.2 Å². The maximum atomic E-state index is 12.8. The van der Waals surface area contributed by atoms with E-state index in [1.54, 1.807) is 6.20 Å². The summed E-state index contributed by atoms with van der Waals surface area (Å²) in [6.45, 7) is 5.71. The van der Waals surface area contributed by atoms with E-state index in [9.17, 15) is 9.59 Å². The minimum atomic E-state index is 0.192. The summed E-state index contributed by atoms with van der Waals surface area (Å²) < 4.78 is 2.07. The van der Waals surface area contributed by atoms with Gasteiger partial charge in [-0.25, -0.2) is 4.98 Å². The molecule has 0 radical (unpaired) electrons. The molecule has 26 heavy (non-hydrogen) atoms. The van der Waals surface area contributed by atoms with Crippen LogP contribution in [0.25, 0.3) is 0 Å². The van der Waals surface area contributed by atoms with E-state index < -0.39 is 0 Å². The first kappa shape index (κ1) is 17.6. The summed E-state index contributed by atoms with van der Waals surface area (Å²) in [6, 6.07) is 0. The predicted molar refractivity (Wildman–Crippen MR) is 98.4 cm³/mol. The maximum Gasteiger partial charge on any atom is 0.226 e. The van der Waals surface area contributed by atoms with Gasteiger partial charge in [-0.05, 0) is 31.1 Å². The number of nitrogens with zero attached hydrogens (tertiary/aromatic N) is 4. The number of carbonyl (C=O) groups excluding carboxylic acids is 2. The Bertz CT molecular complexity index is 679. The lowest BCUT2D eigenvalue weighted by atomic mass is 9.79. The second-order valence-corrected chi connectivity index (χ2v) is 8.17. The molecule has 3 aliphatic rings. The number of hydrogen-bond acceptors (Lipinski definition) is 3. The van der Waals surface area contributed by atoms with Gasteiger partial charge < -0.3 is 14.4 Å². The summed E-state index contributed by atoms with van der Waals surface area (Å²) in [5, 5.41) is 0. The zero-order chi connectivity index (χ0) is 18.1. The van der Waals surface area contributed by atoms with Crippen LogP contribution in [-0.2, 0) is 22.6 Å². The molecule has 1 aromatic rings. The normalized spacial score (nSPS) is 24.3. The van der Waals surface area contributed by atoms with E-state index >= 15 is 0 Å². The van der Waals surface area contributed by atoms with Gasteiger partial charge in [-0.15, -0.1) is 0 Å². The molecule has 6 heteroatoms. The molecule has 2 amide bonds. The van der Waals surface area contributed by atoms with Crippen LogP contribution in [-0.4, -0.2) is 57.3 Å². The Kier molecular flexibility index (Phi) is 4.76. The van der Waals surface area contributed by atoms with E-state index in [4.69, 9.17) is 0 Å². The van der Waals surface area contributed by atoms with Crippen molar-refractivity contribution in [2.45, 2.75) is 58.4 Å². The van der Waals surface area contributed by atoms with Gasteiger partial charge in [-0.3, -0.25) is 9.59 Å². The fourth-order valence-corrected chi connectivity index (χ4v) is 4.72. The van der Waals surface area contributed by atoms with Crippen molar-refractivity contribution in [1.29, 1.82) is 0 Å². The van der Waals surface area contributed by atoms with Crippen LogP contribution >= 0.6 is 0 Å². The number of aromatic nitrogens is 2. The van der Waals surface area contributed by atoms with Crippen LogP contribution in [0, 0.1) is 11.3 Å². The average Bonchev–Trinajstić information content (AvgIpc) is 3.31. The van der Waals surface area contributed by atoms with Crippen molar-refractivity contribution in [3.63, 3.8) is 0 Å². The molecule has 1 unspecified atom stereocenters. The first-order valence-corrected chi connectivity index (χ1v) is 10.2. The third kappa shape index (κ3) is 3.26. The van der Waals surface area contributed by atoms with Crippen LogP contribution in [0.15, 0.2) is 12.4 Å². The Morgan fingerprint density at radius 2 is 1.92 bits per heavy atom. The predicted octanol–water partition coefficient (Wildman–Crippen LogP) is 2.09. The van der Waals surface area contributed by atoms with Crippen LogP contribution in [0.1, 0.15) is 51.3 Å². The third-order valence-corrected chi connectivity index (χ3v) is 6.68. The summed E-state index contributed by atoms with van der Waals surface area (Å²) in [5.41, 5.74) is 0.390. The Morgan fingerprint density at radius 3 is 2.62 bits per heavy atom. The van der Waals surface area contributed by atoms with E-state index in [2.05, 4.69) is 16.5 Å². The zero-order valence-corrected chi connectivity index (χ0v) is 15.8. The van der Waals surface area contributed by atoms with Gasteiger partial charge in [0, 0.05) is 63.9 Å². The molecule has 2 saturated carbocycles. The molecule has 3 fully saturated rings. The summed E-state index contributed by atoms with van der Waals surface area (Å²) >= 11 is 0. The number of carbonyl (C=O) groups is 2. The van der Waals surface area contributed by atoms with E-state index in [1.807, 2.05) is 16.0 Å². The highest BCUT2D eigenvalue weighted by Crippen LogP contribution is 2.65. The molecule has 1 spiro atoms. The Morgan fingerprint density at radius 1 is 1.15 bits per heavy atom. The van der Waals surface area contributed by atoms with Gasteiger partial charge in [0.25, 0.3) is 0 Å². The highest BCUT2D eigenvalue weighted by Gasteiger charge is 2.61. The van der Waals surface area contributed by atoms with E-state index in [0.29, 0.717) is 37.4 Å². The van der Waals surface area contributed by atoms with Crippen LogP contribution in [0.5, 0.6) is 0 Å². The monoisotopic (exact) mass is 358 g/mol. The second-order valence-electron chi connectivity index (χ2n) is 8.17. The van der Waals surface area contributed by atoms with Crippen molar-refractivity contribution in [2.75, 3.05) is 26.2 Å². The summed E-state index contributed by atoms with van der Waals surface area (Å²) in [5.74, 6) is 1.86. The Hall–Kier alpha value is -1.85. The molecule has 0 N–H and O–H groups in total. The third-order valence-electron chi connectivity index (χ3n) is 6.68. The van der Waals surface area contributed by atoms with Crippen LogP contribution in [0.3, 0.4) is 0 Å². The lowest BCUT2D eigenvalue weighted by Gasteiger charge is -2.28. The number of imidazole rings is 1. The molecular formula is C20H30N4O2. The lowest BCUT2D eigenvalue weighted by Crippen LogP contribution is -2.39. The minimum Gasteiger partial charge on any atom is -0.341 e. The van der Waals surface area contributed by atoms with Crippen molar-refractivity contribution in [2.24, 2.45) is 11.3 Å². The van der Waals surface area contributed by atoms with Crippen molar-refractivity contribution < 1.29 is 9.59 Å². The van der Waals surface area contributed by atoms with Crippen LogP contribution in [0.2, 0.25) is 0 Å². The Labute approximate surface area is 155 Å². The zero-order valence-electron chi connectivity index (χ0n) is 15.8. The van der Waals surface area contributed by atoms with Crippen LogP contribution in [0.4, 0.5) is 0 Å². The molecule has 2 heterocycles. The number of rotatable bonds is 5. The van der Waals surface area contributed by atoms with Gasteiger partial charge in [0.1, 0.15) is 5.82 Å². The van der Waals surface area contributed by atoms with Gasteiger partial charge in [-0.2, -0.15) is 0 Å². The lowest BCUT2D eigenvalue weighted by molar-refractivity contribution is -0.135. The van der Waals surface area contributed by atoms with Crippen molar-refractivity contribution in [3.8, 4) is 0 Å². The van der Waals surface area contributed by atoms with Crippen molar-refractivity contribution in [1.82, 2.24) is 19.4 Å². The van der Waals surface area contributed by atoms with Gasteiger partial charge in [0.05, 0.1) is 0 Å². The first-order valence-electron chi connectivity index (χ1n) is 10.2. The fraction of sp³-hybridized carbons (Fsp3) is 0.750. The number of amides is 2. The SMILES string of the molecule is CCc1nccn1CCC(=O)N1CCCN(C(=O)C2CC23CCC3)CC1. The molecule has 0 bridgehead atoms. The maximum absolute atomic E-state index is 12.8. The fourth-order valence-electron chi connectivity index (χ4n) is 4.72. The van der Waals surface area contributed by atoms with Crippen molar-refractivity contribution >= 4 is 11.8 Å². The van der Waals surface area contributed by atoms with Gasteiger partial charge in [0.2, 0.25) is 11.8 Å². The van der Waals surface area contributed by atoms with Gasteiger partial charge in [0.15, 0.2) is 0 Å². The smallest absolute Gasteiger partial charge is 0.226 e. The molecule has 1 aliphatic heterocycles. The van der Waals surface area contributed by atoms with E-state index in [1.165, 1.54) is 19.3 Å². The van der Waals surface area contributed by atoms with E-state index in [-0.39, 0.29) is 11.8 Å². The molecule has 142 valence electrons. The molecule has 2 aliphatic carbocycles. The number of aryl methyl sites for hydroxylation is 2. The molecule has 6 nitrogen and oxygen atoms in total. The molecule has 1 aromatic heterocycles. The molecule has 4 rings (SSSR count). The molecule has 1 atom stereocenters.